The van der Waals surface area contributed by atoms with Gasteiger partial charge in [-0.1, -0.05) is 12.1 Å². The lowest BCUT2D eigenvalue weighted by atomic mass is 10.2. The Morgan fingerprint density at radius 3 is 2.75 bits per heavy atom. The molecule has 126 valence electrons. The molecule has 2 aromatic carbocycles. The van der Waals surface area contributed by atoms with E-state index in [2.05, 4.69) is 15.8 Å². The zero-order valence-electron chi connectivity index (χ0n) is 14.0. The molecule has 6 nitrogen and oxygen atoms in total. The summed E-state index contributed by atoms with van der Waals surface area (Å²) in [5, 5.41) is 6.74. The highest BCUT2D eigenvalue weighted by Gasteiger charge is 2.09. The largest absolute Gasteiger partial charge is 0.493 e. The summed E-state index contributed by atoms with van der Waals surface area (Å²) in [5.41, 5.74) is 5.36. The molecule has 0 aliphatic carbocycles. The number of nitrogens with zero attached hydrogens (tertiary/aromatic N) is 1. The lowest BCUT2D eigenvalue weighted by molar-refractivity contribution is -0.118. The summed E-state index contributed by atoms with van der Waals surface area (Å²) in [6.45, 7) is 1.87. The summed E-state index contributed by atoms with van der Waals surface area (Å²) in [7, 11) is 3.27. The number of hydrogen-bond donors (Lipinski definition) is 2. The number of hydrazone groups is 1. The zero-order chi connectivity index (χ0) is 17.4. The maximum atomic E-state index is 12.0. The van der Waals surface area contributed by atoms with E-state index in [4.69, 9.17) is 9.47 Å². The number of anilines is 1. The van der Waals surface area contributed by atoms with Crippen LogP contribution in [0.4, 0.5) is 5.69 Å². The van der Waals surface area contributed by atoms with Crippen LogP contribution in [0.15, 0.2) is 47.6 Å². The van der Waals surface area contributed by atoms with Crippen LogP contribution in [0.5, 0.6) is 11.5 Å². The van der Waals surface area contributed by atoms with Crippen LogP contribution in [0.25, 0.3) is 0 Å². The van der Waals surface area contributed by atoms with Crippen LogP contribution in [0, 0.1) is 6.92 Å². The number of benzene rings is 2. The molecule has 0 unspecified atom stereocenters. The Balaban J connectivity index is 1.98. The first kappa shape index (κ1) is 17.3. The molecule has 2 N–H and O–H groups in total. The monoisotopic (exact) mass is 327 g/mol. The Labute approximate surface area is 141 Å². The predicted molar refractivity (Wildman–Crippen MR) is 95.0 cm³/mol. The van der Waals surface area contributed by atoms with E-state index in [0.29, 0.717) is 11.5 Å². The Morgan fingerprint density at radius 2 is 2.04 bits per heavy atom. The fourth-order valence-corrected chi connectivity index (χ4v) is 2.09. The van der Waals surface area contributed by atoms with Gasteiger partial charge in [0, 0.05) is 12.7 Å². The molecule has 0 aliphatic heterocycles. The number of carbonyl (C=O) groups is 1. The fraction of sp³-hybridized carbons (Fsp3) is 0.222. The van der Waals surface area contributed by atoms with Gasteiger partial charge in [0.15, 0.2) is 18.1 Å². The van der Waals surface area contributed by atoms with Gasteiger partial charge < -0.3 is 20.2 Å². The Hall–Kier alpha value is -3.02. The molecule has 0 spiro atoms. The van der Waals surface area contributed by atoms with Crippen molar-refractivity contribution in [2.45, 2.75) is 6.92 Å². The van der Waals surface area contributed by atoms with E-state index in [1.807, 2.05) is 37.3 Å². The van der Waals surface area contributed by atoms with Crippen LogP contribution in [0.3, 0.4) is 0 Å². The second kappa shape index (κ2) is 8.57. The highest BCUT2D eigenvalue weighted by atomic mass is 16.5. The van der Waals surface area contributed by atoms with Crippen LogP contribution in [-0.2, 0) is 4.79 Å². The van der Waals surface area contributed by atoms with E-state index in [1.54, 1.807) is 32.5 Å². The first-order valence-electron chi connectivity index (χ1n) is 7.49. The van der Waals surface area contributed by atoms with Gasteiger partial charge >= 0.3 is 0 Å². The highest BCUT2D eigenvalue weighted by molar-refractivity contribution is 5.92. The topological polar surface area (TPSA) is 72.0 Å². The minimum absolute atomic E-state index is 0.103. The number of ether oxygens (including phenoxy) is 2. The van der Waals surface area contributed by atoms with Crippen molar-refractivity contribution in [3.63, 3.8) is 0 Å². The fourth-order valence-electron chi connectivity index (χ4n) is 2.09. The van der Waals surface area contributed by atoms with E-state index in [0.717, 1.165) is 16.8 Å². The molecule has 0 atom stereocenters. The van der Waals surface area contributed by atoms with E-state index < -0.39 is 0 Å². The third kappa shape index (κ3) is 5.01. The van der Waals surface area contributed by atoms with Gasteiger partial charge in [-0.3, -0.25) is 4.79 Å². The van der Waals surface area contributed by atoms with Crippen LogP contribution < -0.4 is 20.2 Å². The average molecular weight is 327 g/mol. The normalized spacial score (nSPS) is 10.5. The highest BCUT2D eigenvalue weighted by Crippen LogP contribution is 2.27. The van der Waals surface area contributed by atoms with Crippen molar-refractivity contribution >= 4 is 17.8 Å². The maximum Gasteiger partial charge on any atom is 0.262 e. The molecule has 0 radical (unpaired) electrons. The number of methoxy groups -OCH3 is 1. The summed E-state index contributed by atoms with van der Waals surface area (Å²) in [5.74, 6) is 0.806. The van der Waals surface area contributed by atoms with Crippen molar-refractivity contribution in [2.24, 2.45) is 5.10 Å². The number of hydrogen-bond acceptors (Lipinski definition) is 5. The van der Waals surface area contributed by atoms with E-state index in [1.165, 1.54) is 0 Å². The van der Waals surface area contributed by atoms with Gasteiger partial charge in [0.2, 0.25) is 0 Å². The second-order valence-electron chi connectivity index (χ2n) is 5.10. The van der Waals surface area contributed by atoms with Crippen molar-refractivity contribution in [1.82, 2.24) is 5.43 Å². The molecule has 6 heteroatoms. The lowest BCUT2D eigenvalue weighted by Crippen LogP contribution is -2.20. The minimum atomic E-state index is -0.233. The molecule has 0 bridgehead atoms. The maximum absolute atomic E-state index is 12.0. The summed E-state index contributed by atoms with van der Waals surface area (Å²) in [6.07, 6.45) is 1.66. The smallest absolute Gasteiger partial charge is 0.262 e. The zero-order valence-corrected chi connectivity index (χ0v) is 14.0. The number of rotatable bonds is 7. The molecular formula is C18H21N3O3. The number of carbonyl (C=O) groups excluding carboxylic acids is 1. The van der Waals surface area contributed by atoms with Gasteiger partial charge in [0.05, 0.1) is 13.3 Å². The third-order valence-corrected chi connectivity index (χ3v) is 3.19. The SMILES string of the molecule is CN/N=C/c1ccc(OCC(=O)Nc2cccc(C)c2)c(OC)c1. The van der Waals surface area contributed by atoms with Crippen molar-refractivity contribution in [1.29, 1.82) is 0 Å². The second-order valence-corrected chi connectivity index (χ2v) is 5.10. The van der Waals surface area contributed by atoms with Crippen molar-refractivity contribution in [3.8, 4) is 11.5 Å². The van der Waals surface area contributed by atoms with E-state index in [9.17, 15) is 4.79 Å². The van der Waals surface area contributed by atoms with Gasteiger partial charge in [-0.15, -0.1) is 0 Å². The van der Waals surface area contributed by atoms with Gasteiger partial charge in [-0.05, 0) is 48.4 Å². The van der Waals surface area contributed by atoms with Crippen LogP contribution >= 0.6 is 0 Å². The molecule has 0 aliphatic rings. The van der Waals surface area contributed by atoms with Crippen molar-refractivity contribution in [2.75, 3.05) is 26.1 Å². The quantitative estimate of drug-likeness (QED) is 0.606. The summed E-state index contributed by atoms with van der Waals surface area (Å²) >= 11 is 0. The Kier molecular flexibility index (Phi) is 6.19. The summed E-state index contributed by atoms with van der Waals surface area (Å²) < 4.78 is 10.8. The van der Waals surface area contributed by atoms with Gasteiger partial charge in [0.25, 0.3) is 5.91 Å². The molecule has 0 saturated heterocycles. The Bertz CT molecular complexity index is 729. The first-order chi connectivity index (χ1) is 11.6. The van der Waals surface area contributed by atoms with Gasteiger partial charge in [-0.25, -0.2) is 0 Å². The summed E-state index contributed by atoms with van der Waals surface area (Å²) in [6, 6.07) is 13.0. The number of amides is 1. The Morgan fingerprint density at radius 1 is 1.21 bits per heavy atom. The van der Waals surface area contributed by atoms with E-state index >= 15 is 0 Å². The van der Waals surface area contributed by atoms with Gasteiger partial charge in [-0.2, -0.15) is 5.10 Å². The molecule has 0 aromatic heterocycles. The van der Waals surface area contributed by atoms with E-state index in [-0.39, 0.29) is 12.5 Å². The molecule has 2 rings (SSSR count). The van der Waals surface area contributed by atoms with Crippen molar-refractivity contribution < 1.29 is 14.3 Å². The van der Waals surface area contributed by atoms with Crippen molar-refractivity contribution in [3.05, 3.63) is 53.6 Å². The van der Waals surface area contributed by atoms with Crippen LogP contribution in [-0.4, -0.2) is 32.9 Å². The predicted octanol–water partition coefficient (Wildman–Crippen LogP) is 2.57. The molecule has 24 heavy (non-hydrogen) atoms. The molecule has 1 amide bonds. The molecule has 0 saturated carbocycles. The summed E-state index contributed by atoms with van der Waals surface area (Å²) in [4.78, 5) is 12.0. The molecule has 0 fully saturated rings. The van der Waals surface area contributed by atoms with Crippen LogP contribution in [0.1, 0.15) is 11.1 Å². The number of aryl methyl sites for hydroxylation is 1. The van der Waals surface area contributed by atoms with Gasteiger partial charge in [0.1, 0.15) is 0 Å². The molecule has 0 heterocycles. The van der Waals surface area contributed by atoms with Crippen LogP contribution in [0.2, 0.25) is 0 Å². The average Bonchev–Trinajstić information content (AvgIpc) is 2.58. The number of nitrogens with one attached hydrogen (secondary N) is 2. The minimum Gasteiger partial charge on any atom is -0.493 e. The first-order valence-corrected chi connectivity index (χ1v) is 7.49. The third-order valence-electron chi connectivity index (χ3n) is 3.19. The lowest BCUT2D eigenvalue weighted by Gasteiger charge is -2.11. The molecule has 2 aromatic rings. The standard InChI is InChI=1S/C18H21N3O3/c1-13-5-4-6-15(9-13)21-18(22)12-24-16-8-7-14(11-20-19-2)10-17(16)23-3/h4-11,19H,12H2,1-3H3,(H,21,22)/b20-11+. The molecular weight excluding hydrogens is 306 g/mol.